The van der Waals surface area contributed by atoms with E-state index in [4.69, 9.17) is 23.7 Å². The molecule has 0 radical (unpaired) electrons. The first-order valence-electron chi connectivity index (χ1n) is 11.2. The summed E-state index contributed by atoms with van der Waals surface area (Å²) >= 11 is 0. The van der Waals surface area contributed by atoms with E-state index in [0.717, 1.165) is 25.0 Å². The zero-order chi connectivity index (χ0) is 18.4. The van der Waals surface area contributed by atoms with Gasteiger partial charge >= 0.3 is 0 Å². The van der Waals surface area contributed by atoms with Crippen molar-refractivity contribution in [3.05, 3.63) is 0 Å². The van der Waals surface area contributed by atoms with Crippen molar-refractivity contribution in [2.24, 2.45) is 22.7 Å². The van der Waals surface area contributed by atoms with Crippen molar-refractivity contribution < 1.29 is 23.7 Å². The second-order valence-corrected chi connectivity index (χ2v) is 9.52. The summed E-state index contributed by atoms with van der Waals surface area (Å²) in [5.74, 6) is 1.91. The fourth-order valence-electron chi connectivity index (χ4n) is 6.79. The molecule has 0 aromatic heterocycles. The van der Waals surface area contributed by atoms with E-state index in [1.807, 2.05) is 0 Å². The number of hydrogen-bond donors (Lipinski definition) is 0. The van der Waals surface area contributed by atoms with Gasteiger partial charge in [-0.2, -0.15) is 0 Å². The Hall–Kier alpha value is -0.200. The van der Waals surface area contributed by atoms with Crippen LogP contribution in [0.4, 0.5) is 0 Å². The third-order valence-corrected chi connectivity index (χ3v) is 7.34. The topological polar surface area (TPSA) is 46.2 Å². The molecule has 4 saturated carbocycles. The quantitative estimate of drug-likeness (QED) is 0.642. The molecule has 0 aromatic rings. The van der Waals surface area contributed by atoms with Crippen LogP contribution in [-0.2, 0) is 23.7 Å². The van der Waals surface area contributed by atoms with Crippen molar-refractivity contribution in [2.75, 3.05) is 66.1 Å². The van der Waals surface area contributed by atoms with Crippen molar-refractivity contribution in [3.8, 4) is 0 Å². The minimum atomic E-state index is 0.544. The lowest BCUT2D eigenvalue weighted by Crippen LogP contribution is -2.52. The first-order chi connectivity index (χ1) is 13.3. The Morgan fingerprint density at radius 1 is 0.444 bits per heavy atom. The fraction of sp³-hybridized carbons (Fsp3) is 1.00. The van der Waals surface area contributed by atoms with Crippen LogP contribution in [0.2, 0.25) is 0 Å². The van der Waals surface area contributed by atoms with Crippen LogP contribution < -0.4 is 0 Å². The van der Waals surface area contributed by atoms with E-state index in [1.54, 1.807) is 0 Å². The van der Waals surface area contributed by atoms with Gasteiger partial charge in [0.1, 0.15) is 0 Å². The molecule has 1 saturated heterocycles. The van der Waals surface area contributed by atoms with Crippen LogP contribution >= 0.6 is 0 Å². The van der Waals surface area contributed by atoms with Crippen molar-refractivity contribution in [1.82, 2.24) is 0 Å². The molecule has 5 heteroatoms. The molecule has 5 aliphatic rings. The molecule has 5 rings (SSSR count). The summed E-state index contributed by atoms with van der Waals surface area (Å²) in [6.45, 7) is 7.01. The van der Waals surface area contributed by atoms with E-state index in [9.17, 15) is 0 Å². The first-order valence-corrected chi connectivity index (χ1v) is 11.2. The molecule has 4 aliphatic carbocycles. The third kappa shape index (κ3) is 5.45. The van der Waals surface area contributed by atoms with Crippen LogP contribution in [0.5, 0.6) is 0 Å². The van der Waals surface area contributed by atoms with E-state index in [1.165, 1.54) is 51.4 Å². The maximum absolute atomic E-state index is 5.93. The zero-order valence-corrected chi connectivity index (χ0v) is 16.9. The largest absolute Gasteiger partial charge is 0.379 e. The van der Waals surface area contributed by atoms with Crippen LogP contribution in [-0.4, -0.2) is 66.1 Å². The predicted molar refractivity (Wildman–Crippen MR) is 103 cm³/mol. The van der Waals surface area contributed by atoms with E-state index < -0.39 is 0 Å². The molecule has 0 unspecified atom stereocenters. The lowest BCUT2D eigenvalue weighted by atomic mass is 9.43. The van der Waals surface area contributed by atoms with Gasteiger partial charge in [0.2, 0.25) is 0 Å². The minimum Gasteiger partial charge on any atom is -0.379 e. The van der Waals surface area contributed by atoms with Gasteiger partial charge < -0.3 is 23.7 Å². The van der Waals surface area contributed by atoms with Gasteiger partial charge in [-0.25, -0.2) is 0 Å². The molecular formula is C22H38O5. The summed E-state index contributed by atoms with van der Waals surface area (Å²) in [6.07, 6.45) is 11.1. The Bertz CT molecular complexity index is 404. The molecule has 0 amide bonds. The van der Waals surface area contributed by atoms with Gasteiger partial charge in [0, 0.05) is 13.2 Å². The molecule has 0 atom stereocenters. The Morgan fingerprint density at radius 2 is 0.778 bits per heavy atom. The molecular weight excluding hydrogens is 344 g/mol. The molecule has 1 aliphatic heterocycles. The monoisotopic (exact) mass is 382 g/mol. The van der Waals surface area contributed by atoms with E-state index in [2.05, 4.69) is 0 Å². The van der Waals surface area contributed by atoms with Crippen molar-refractivity contribution >= 4 is 0 Å². The Balaban J connectivity index is 1.31. The molecule has 27 heavy (non-hydrogen) atoms. The Morgan fingerprint density at radius 3 is 1.15 bits per heavy atom. The van der Waals surface area contributed by atoms with Crippen molar-refractivity contribution in [2.45, 2.75) is 51.4 Å². The van der Waals surface area contributed by atoms with Crippen LogP contribution in [0.25, 0.3) is 0 Å². The summed E-state index contributed by atoms with van der Waals surface area (Å²) in [5.41, 5.74) is 1.09. The lowest BCUT2D eigenvalue weighted by molar-refractivity contribution is -0.131. The Kier molecular flexibility index (Phi) is 7.09. The average Bonchev–Trinajstić information content (AvgIpc) is 2.62. The highest BCUT2D eigenvalue weighted by molar-refractivity contribution is 5.07. The second-order valence-electron chi connectivity index (χ2n) is 9.52. The predicted octanol–water partition coefficient (Wildman–Crippen LogP) is 3.45. The molecule has 0 N–H and O–H groups in total. The van der Waals surface area contributed by atoms with Crippen LogP contribution in [0.1, 0.15) is 51.4 Å². The maximum atomic E-state index is 5.93. The highest BCUT2D eigenvalue weighted by Gasteiger charge is 2.56. The van der Waals surface area contributed by atoms with Gasteiger partial charge in [0.15, 0.2) is 0 Å². The van der Waals surface area contributed by atoms with Gasteiger partial charge in [-0.05, 0) is 74.0 Å². The maximum Gasteiger partial charge on any atom is 0.0701 e. The summed E-state index contributed by atoms with van der Waals surface area (Å²) in [6, 6.07) is 0. The van der Waals surface area contributed by atoms with Gasteiger partial charge in [-0.3, -0.25) is 0 Å². The van der Waals surface area contributed by atoms with Gasteiger partial charge in [-0.15, -0.1) is 0 Å². The molecule has 0 aromatic carbocycles. The van der Waals surface area contributed by atoms with Crippen LogP contribution in [0.15, 0.2) is 0 Å². The molecule has 156 valence electrons. The SMILES string of the molecule is C1COCCOCCC23CC4CC(C2)CC(CCOCCOCCO1)(C4)C3. The summed E-state index contributed by atoms with van der Waals surface area (Å²) in [4.78, 5) is 0. The van der Waals surface area contributed by atoms with Gasteiger partial charge in [-0.1, -0.05) is 0 Å². The van der Waals surface area contributed by atoms with Crippen LogP contribution in [0.3, 0.4) is 0 Å². The minimum absolute atomic E-state index is 0.544. The molecule has 2 spiro atoms. The number of ether oxygens (including phenoxy) is 5. The van der Waals surface area contributed by atoms with E-state index in [-0.39, 0.29) is 0 Å². The van der Waals surface area contributed by atoms with Gasteiger partial charge in [0.05, 0.1) is 52.9 Å². The normalized spacial score (nSPS) is 42.7. The Labute approximate surface area is 164 Å². The third-order valence-electron chi connectivity index (χ3n) is 7.34. The first kappa shape index (κ1) is 20.1. The number of hydrogen-bond acceptors (Lipinski definition) is 5. The highest BCUT2D eigenvalue weighted by Crippen LogP contribution is 2.67. The molecule has 5 fully saturated rings. The van der Waals surface area contributed by atoms with Crippen molar-refractivity contribution in [3.63, 3.8) is 0 Å². The zero-order valence-electron chi connectivity index (χ0n) is 16.9. The molecule has 1 heterocycles. The molecule has 4 bridgehead atoms. The smallest absolute Gasteiger partial charge is 0.0701 e. The molecule has 5 nitrogen and oxygen atoms in total. The lowest BCUT2D eigenvalue weighted by Gasteiger charge is -2.62. The standard InChI is InChI=1S/C22H38O5/c1-3-23-5-7-25-9-11-27-12-10-26-8-6-24-4-2-22-16-19-13-20(17-22)15-21(1,14-19)18-22/h19-20H,1-18H2. The fourth-order valence-corrected chi connectivity index (χ4v) is 6.79. The number of rotatable bonds is 0. The second kappa shape index (κ2) is 9.53. The highest BCUT2D eigenvalue weighted by atomic mass is 16.6. The van der Waals surface area contributed by atoms with Crippen LogP contribution in [0, 0.1) is 22.7 Å². The van der Waals surface area contributed by atoms with Crippen molar-refractivity contribution in [1.29, 1.82) is 0 Å². The van der Waals surface area contributed by atoms with E-state index >= 15 is 0 Å². The van der Waals surface area contributed by atoms with E-state index in [0.29, 0.717) is 63.7 Å². The summed E-state index contributed by atoms with van der Waals surface area (Å²) in [5, 5.41) is 0. The summed E-state index contributed by atoms with van der Waals surface area (Å²) < 4.78 is 28.5. The summed E-state index contributed by atoms with van der Waals surface area (Å²) in [7, 11) is 0. The van der Waals surface area contributed by atoms with Gasteiger partial charge in [0.25, 0.3) is 0 Å². The average molecular weight is 383 g/mol.